The molecule has 0 saturated carbocycles. The van der Waals surface area contributed by atoms with Crippen molar-refractivity contribution >= 4 is 33.1 Å². The van der Waals surface area contributed by atoms with Gasteiger partial charge in [0.25, 0.3) is 0 Å². The molecule has 2 atom stereocenters. The molecule has 3 rings (SSSR count). The highest BCUT2D eigenvalue weighted by atomic mass is 32.1. The summed E-state index contributed by atoms with van der Waals surface area (Å²) in [6.45, 7) is 6.77. The molecule has 1 aromatic heterocycles. The molecule has 0 aliphatic rings. The van der Waals surface area contributed by atoms with E-state index in [1.54, 1.807) is 11.3 Å². The van der Waals surface area contributed by atoms with E-state index < -0.39 is 0 Å². The van der Waals surface area contributed by atoms with E-state index in [-0.39, 0.29) is 11.9 Å². The van der Waals surface area contributed by atoms with Gasteiger partial charge in [-0.2, -0.15) is 0 Å². The molecule has 142 valence electrons. The van der Waals surface area contributed by atoms with E-state index in [9.17, 15) is 4.79 Å². The predicted molar refractivity (Wildman–Crippen MR) is 114 cm³/mol. The van der Waals surface area contributed by atoms with Gasteiger partial charge in [0.1, 0.15) is 5.01 Å². The van der Waals surface area contributed by atoms with Gasteiger partial charge in [0.05, 0.1) is 22.8 Å². The molecule has 27 heavy (non-hydrogen) atoms. The number of para-hydroxylation sites is 2. The smallest absolute Gasteiger partial charge is 0.238 e. The third-order valence-electron chi connectivity index (χ3n) is 5.10. The fraction of sp³-hybridized carbons (Fsp3) is 0.364. The minimum Gasteiger partial charge on any atom is -0.325 e. The van der Waals surface area contributed by atoms with Gasteiger partial charge < -0.3 is 5.32 Å². The minimum atomic E-state index is 0.00112. The van der Waals surface area contributed by atoms with Crippen LogP contribution in [0.5, 0.6) is 0 Å². The van der Waals surface area contributed by atoms with Crippen LogP contribution in [0.1, 0.15) is 49.7 Å². The van der Waals surface area contributed by atoms with Crippen LogP contribution in [0, 0.1) is 0 Å². The average Bonchev–Trinajstić information content (AvgIpc) is 3.11. The molecule has 3 aromatic rings. The van der Waals surface area contributed by atoms with Crippen LogP contribution >= 0.6 is 11.3 Å². The molecule has 1 amide bonds. The summed E-state index contributed by atoms with van der Waals surface area (Å²) in [4.78, 5) is 19.4. The lowest BCUT2D eigenvalue weighted by atomic mass is 9.97. The van der Waals surface area contributed by atoms with Gasteiger partial charge in [-0.15, -0.1) is 11.3 Å². The van der Waals surface area contributed by atoms with Crippen molar-refractivity contribution in [3.8, 4) is 0 Å². The number of thiazole rings is 1. The van der Waals surface area contributed by atoms with Gasteiger partial charge in [0.2, 0.25) is 5.91 Å². The van der Waals surface area contributed by atoms with E-state index in [0.29, 0.717) is 12.5 Å². The quantitative estimate of drug-likeness (QED) is 0.592. The molecule has 2 aromatic carbocycles. The van der Waals surface area contributed by atoms with E-state index in [0.717, 1.165) is 22.6 Å². The van der Waals surface area contributed by atoms with Crippen LogP contribution in [-0.4, -0.2) is 29.4 Å². The third-order valence-corrected chi connectivity index (χ3v) is 6.31. The molecule has 0 aliphatic heterocycles. The Morgan fingerprint density at radius 2 is 1.85 bits per heavy atom. The van der Waals surface area contributed by atoms with Crippen LogP contribution < -0.4 is 5.32 Å². The van der Waals surface area contributed by atoms with Crippen LogP contribution in [-0.2, 0) is 4.79 Å². The van der Waals surface area contributed by atoms with Gasteiger partial charge in [-0.1, -0.05) is 44.2 Å². The van der Waals surface area contributed by atoms with Gasteiger partial charge in [0.15, 0.2) is 0 Å². The number of benzene rings is 2. The zero-order chi connectivity index (χ0) is 19.4. The minimum absolute atomic E-state index is 0.00112. The van der Waals surface area contributed by atoms with Crippen molar-refractivity contribution in [2.45, 2.75) is 39.2 Å². The molecule has 0 fully saturated rings. The Labute approximate surface area is 165 Å². The SMILES string of the molecule is CC[C@@H](C)c1ccccc1NC(=O)CN(C)[C@@H](C)c1nc2ccccc2s1. The summed E-state index contributed by atoms with van der Waals surface area (Å²) >= 11 is 1.69. The Bertz CT molecular complexity index is 888. The molecule has 5 heteroatoms. The second-order valence-corrected chi connectivity index (χ2v) is 8.12. The van der Waals surface area contributed by atoms with Gasteiger partial charge in [-0.3, -0.25) is 9.69 Å². The summed E-state index contributed by atoms with van der Waals surface area (Å²) in [5.41, 5.74) is 3.12. The Balaban J connectivity index is 1.67. The van der Waals surface area contributed by atoms with Crippen LogP contribution in [0.3, 0.4) is 0 Å². The lowest BCUT2D eigenvalue weighted by Gasteiger charge is -2.23. The van der Waals surface area contributed by atoms with Gasteiger partial charge >= 0.3 is 0 Å². The summed E-state index contributed by atoms with van der Waals surface area (Å²) < 4.78 is 1.18. The molecule has 1 N–H and O–H groups in total. The number of anilines is 1. The molecule has 0 radical (unpaired) electrons. The van der Waals surface area contributed by atoms with Crippen LogP contribution in [0.25, 0.3) is 10.2 Å². The maximum atomic E-state index is 12.6. The highest BCUT2D eigenvalue weighted by Gasteiger charge is 2.19. The van der Waals surface area contributed by atoms with Crippen molar-refractivity contribution in [3.63, 3.8) is 0 Å². The first-order chi connectivity index (χ1) is 13.0. The van der Waals surface area contributed by atoms with Crippen molar-refractivity contribution in [1.82, 2.24) is 9.88 Å². The number of carbonyl (C=O) groups excluding carboxylic acids is 1. The number of nitrogens with one attached hydrogen (secondary N) is 1. The van der Waals surface area contributed by atoms with Crippen molar-refractivity contribution < 1.29 is 4.79 Å². The molecule has 0 unspecified atom stereocenters. The number of nitrogens with zero attached hydrogens (tertiary/aromatic N) is 2. The Morgan fingerprint density at radius 3 is 2.59 bits per heavy atom. The fourth-order valence-electron chi connectivity index (χ4n) is 3.07. The Hall–Kier alpha value is -2.24. The number of amides is 1. The topological polar surface area (TPSA) is 45.2 Å². The second-order valence-electron chi connectivity index (χ2n) is 7.06. The number of rotatable bonds is 7. The zero-order valence-electron chi connectivity index (χ0n) is 16.4. The van der Waals surface area contributed by atoms with Gasteiger partial charge in [-0.25, -0.2) is 4.98 Å². The van der Waals surface area contributed by atoms with Crippen LogP contribution in [0.4, 0.5) is 5.69 Å². The molecular weight excluding hydrogens is 354 g/mol. The normalized spacial score (nSPS) is 13.7. The van der Waals surface area contributed by atoms with Crippen LogP contribution in [0.2, 0.25) is 0 Å². The molecule has 0 saturated heterocycles. The number of carbonyl (C=O) groups is 1. The summed E-state index contributed by atoms with van der Waals surface area (Å²) in [7, 11) is 1.97. The first-order valence-electron chi connectivity index (χ1n) is 9.44. The second kappa shape index (κ2) is 8.63. The number of aromatic nitrogens is 1. The van der Waals surface area contributed by atoms with Crippen LogP contribution in [0.15, 0.2) is 48.5 Å². The number of likely N-dealkylation sites (N-methyl/N-ethyl adjacent to an activating group) is 1. The number of fused-ring (bicyclic) bond motifs is 1. The van der Waals surface area contributed by atoms with Crippen molar-refractivity contribution in [1.29, 1.82) is 0 Å². The Kier molecular flexibility index (Phi) is 6.24. The standard InChI is InChI=1S/C22H27N3OS/c1-5-15(2)17-10-6-7-11-18(17)23-21(26)14-25(4)16(3)22-24-19-12-8-9-13-20(19)27-22/h6-13,15-16H,5,14H2,1-4H3,(H,23,26)/t15-,16+/m1/s1. The zero-order valence-corrected chi connectivity index (χ0v) is 17.2. The van der Waals surface area contributed by atoms with Crippen molar-refractivity contribution in [2.24, 2.45) is 0 Å². The fourth-order valence-corrected chi connectivity index (χ4v) is 4.16. The predicted octanol–water partition coefficient (Wildman–Crippen LogP) is 5.44. The monoisotopic (exact) mass is 381 g/mol. The number of hydrogen-bond acceptors (Lipinski definition) is 4. The molecule has 0 aliphatic carbocycles. The lowest BCUT2D eigenvalue weighted by molar-refractivity contribution is -0.117. The first kappa shape index (κ1) is 19.5. The largest absolute Gasteiger partial charge is 0.325 e. The lowest BCUT2D eigenvalue weighted by Crippen LogP contribution is -2.32. The van der Waals surface area contributed by atoms with E-state index >= 15 is 0 Å². The highest BCUT2D eigenvalue weighted by Crippen LogP contribution is 2.29. The first-order valence-corrected chi connectivity index (χ1v) is 10.3. The van der Waals surface area contributed by atoms with Gasteiger partial charge in [0, 0.05) is 5.69 Å². The van der Waals surface area contributed by atoms with E-state index in [4.69, 9.17) is 4.98 Å². The molecule has 0 spiro atoms. The summed E-state index contributed by atoms with van der Waals surface area (Å²) in [6, 6.07) is 16.3. The Morgan fingerprint density at radius 1 is 1.15 bits per heavy atom. The summed E-state index contributed by atoms with van der Waals surface area (Å²) in [5, 5.41) is 4.13. The molecule has 4 nitrogen and oxygen atoms in total. The van der Waals surface area contributed by atoms with Crippen molar-refractivity contribution in [2.75, 3.05) is 18.9 Å². The maximum absolute atomic E-state index is 12.6. The van der Waals surface area contributed by atoms with E-state index in [1.807, 2.05) is 48.3 Å². The van der Waals surface area contributed by atoms with E-state index in [2.05, 4.69) is 38.2 Å². The summed E-state index contributed by atoms with van der Waals surface area (Å²) in [5.74, 6) is 0.419. The van der Waals surface area contributed by atoms with Gasteiger partial charge in [-0.05, 0) is 50.1 Å². The number of hydrogen-bond donors (Lipinski definition) is 1. The van der Waals surface area contributed by atoms with Crippen molar-refractivity contribution in [3.05, 3.63) is 59.1 Å². The highest BCUT2D eigenvalue weighted by molar-refractivity contribution is 7.18. The summed E-state index contributed by atoms with van der Waals surface area (Å²) in [6.07, 6.45) is 1.04. The maximum Gasteiger partial charge on any atom is 0.238 e. The third kappa shape index (κ3) is 4.54. The average molecular weight is 382 g/mol. The van der Waals surface area contributed by atoms with E-state index in [1.165, 1.54) is 10.3 Å². The molecular formula is C22H27N3OS. The molecule has 0 bridgehead atoms. The molecule has 1 heterocycles.